The second kappa shape index (κ2) is 2.58. The molecule has 0 aromatic heterocycles. The molecule has 0 saturated carbocycles. The highest BCUT2D eigenvalue weighted by atomic mass is 35.5. The van der Waals surface area contributed by atoms with E-state index in [0.717, 1.165) is 0 Å². The third-order valence-corrected chi connectivity index (χ3v) is 0.417. The van der Waals surface area contributed by atoms with Crippen molar-refractivity contribution in [2.24, 2.45) is 0 Å². The molecule has 0 radical (unpaired) electrons. The molecule has 0 aromatic carbocycles. The maximum atomic E-state index is 9.60. The average Bonchev–Trinajstić information content (AvgIpc) is 1.27. The van der Waals surface area contributed by atoms with E-state index >= 15 is 0 Å². The van der Waals surface area contributed by atoms with Crippen molar-refractivity contribution < 1.29 is 14.7 Å². The molecule has 0 saturated heterocycles. The van der Waals surface area contributed by atoms with E-state index < -0.39 is 17.6 Å². The molecule has 0 aliphatic carbocycles. The summed E-state index contributed by atoms with van der Waals surface area (Å²) in [4.78, 5) is 19.0. The largest absolute Gasteiger partial charge is 0.550 e. The normalized spacial score (nSPS) is 8.14. The molecule has 0 aliphatic rings. The van der Waals surface area contributed by atoms with Crippen LogP contribution in [0.25, 0.3) is 0 Å². The Morgan fingerprint density at radius 3 is 2.00 bits per heavy atom. The summed E-state index contributed by atoms with van der Waals surface area (Å²) in [5.74, 6) is -1.44. The molecule has 4 heteroatoms. The summed E-state index contributed by atoms with van der Waals surface area (Å²) < 4.78 is 0. The van der Waals surface area contributed by atoms with Gasteiger partial charge in [-0.25, -0.2) is 0 Å². The van der Waals surface area contributed by atoms with Crippen LogP contribution in [0.5, 0.6) is 0 Å². The first-order valence-electron chi connectivity index (χ1n) is 1.51. The number of halogens is 1. The van der Waals surface area contributed by atoms with Crippen LogP contribution >= 0.6 is 11.6 Å². The number of carboxylic acids is 1. The Hall–Kier alpha value is -0.570. The van der Waals surface area contributed by atoms with Crippen molar-refractivity contribution in [2.45, 2.75) is 6.42 Å². The Balaban J connectivity index is 3.32. The van der Waals surface area contributed by atoms with Crippen LogP contribution in [0.3, 0.4) is 0 Å². The molecule has 0 rings (SSSR count). The molecule has 0 fully saturated rings. The van der Waals surface area contributed by atoms with Gasteiger partial charge >= 0.3 is 0 Å². The Morgan fingerprint density at radius 1 is 1.57 bits per heavy atom. The van der Waals surface area contributed by atoms with Gasteiger partial charge < -0.3 is 9.90 Å². The van der Waals surface area contributed by atoms with Crippen molar-refractivity contribution in [2.75, 3.05) is 0 Å². The van der Waals surface area contributed by atoms with Crippen LogP contribution in [0.1, 0.15) is 6.42 Å². The Kier molecular flexibility index (Phi) is 2.37. The van der Waals surface area contributed by atoms with Gasteiger partial charge in [0.2, 0.25) is 5.24 Å². The summed E-state index contributed by atoms with van der Waals surface area (Å²) >= 11 is 4.61. The molecule has 0 bridgehead atoms. The Labute approximate surface area is 44.9 Å². The zero-order chi connectivity index (χ0) is 5.86. The van der Waals surface area contributed by atoms with Crippen molar-refractivity contribution in [3.63, 3.8) is 0 Å². The zero-order valence-electron chi connectivity index (χ0n) is 3.31. The van der Waals surface area contributed by atoms with Crippen molar-refractivity contribution in [1.82, 2.24) is 0 Å². The number of carbonyl (C=O) groups is 2. The third-order valence-electron chi connectivity index (χ3n) is 0.283. The lowest BCUT2D eigenvalue weighted by Gasteiger charge is -1.90. The summed E-state index contributed by atoms with van der Waals surface area (Å²) in [5.41, 5.74) is 0. The zero-order valence-corrected chi connectivity index (χ0v) is 4.07. The van der Waals surface area contributed by atoms with Crippen LogP contribution in [0.15, 0.2) is 0 Å². The maximum Gasteiger partial charge on any atom is 0.227 e. The third kappa shape index (κ3) is 5.43. The first kappa shape index (κ1) is 6.43. The van der Waals surface area contributed by atoms with E-state index in [4.69, 9.17) is 0 Å². The van der Waals surface area contributed by atoms with Gasteiger partial charge in [-0.15, -0.1) is 0 Å². The fourth-order valence-corrected chi connectivity index (χ4v) is 0.223. The monoisotopic (exact) mass is 121 g/mol. The topological polar surface area (TPSA) is 57.2 Å². The van der Waals surface area contributed by atoms with E-state index in [1.165, 1.54) is 0 Å². The molecule has 0 aliphatic heterocycles. The van der Waals surface area contributed by atoms with E-state index in [2.05, 4.69) is 11.6 Å². The SMILES string of the molecule is O=C([O-])CC(=O)Cl. The van der Waals surface area contributed by atoms with Crippen LogP contribution < -0.4 is 5.11 Å². The molecule has 0 atom stereocenters. The minimum absolute atomic E-state index is 0.707. The highest BCUT2D eigenvalue weighted by Crippen LogP contribution is 1.83. The molecule has 40 valence electrons. The number of carbonyl (C=O) groups excluding carboxylic acids is 2. The summed E-state index contributed by atoms with van der Waals surface area (Å²) in [6, 6.07) is 0. The van der Waals surface area contributed by atoms with Crippen LogP contribution in [0.4, 0.5) is 0 Å². The van der Waals surface area contributed by atoms with Gasteiger partial charge in [-0.05, 0) is 11.6 Å². The van der Waals surface area contributed by atoms with Crippen LogP contribution in [-0.4, -0.2) is 11.2 Å². The lowest BCUT2D eigenvalue weighted by molar-refractivity contribution is -0.304. The average molecular weight is 121 g/mol. The molecule has 0 aromatic rings. The lowest BCUT2D eigenvalue weighted by Crippen LogP contribution is -2.23. The molecular weight excluding hydrogens is 119 g/mol. The number of aliphatic carboxylic acids is 1. The van der Waals surface area contributed by atoms with E-state index in [1.807, 2.05) is 0 Å². The standard InChI is InChI=1S/C3H3ClO3/c4-2(5)1-3(6)7/h1H2,(H,6,7)/p-1. The molecule has 0 heterocycles. The van der Waals surface area contributed by atoms with Gasteiger partial charge in [-0.3, -0.25) is 4.79 Å². The fraction of sp³-hybridized carbons (Fsp3) is 0.333. The lowest BCUT2D eigenvalue weighted by atomic mass is 10.5. The van der Waals surface area contributed by atoms with Gasteiger partial charge in [0.05, 0.1) is 12.4 Å². The number of rotatable bonds is 2. The predicted octanol–water partition coefficient (Wildman–Crippen LogP) is -1.11. The van der Waals surface area contributed by atoms with Gasteiger partial charge in [0, 0.05) is 0 Å². The van der Waals surface area contributed by atoms with Gasteiger partial charge in [-0.2, -0.15) is 0 Å². The van der Waals surface area contributed by atoms with E-state index in [9.17, 15) is 14.7 Å². The van der Waals surface area contributed by atoms with Crippen molar-refractivity contribution in [3.8, 4) is 0 Å². The predicted molar refractivity (Wildman–Crippen MR) is 20.5 cm³/mol. The molecule has 0 amide bonds. The van der Waals surface area contributed by atoms with Crippen LogP contribution in [-0.2, 0) is 9.59 Å². The highest BCUT2D eigenvalue weighted by molar-refractivity contribution is 6.64. The van der Waals surface area contributed by atoms with E-state index in [0.29, 0.717) is 0 Å². The second-order valence-electron chi connectivity index (χ2n) is 0.904. The number of hydrogen-bond acceptors (Lipinski definition) is 3. The maximum absolute atomic E-state index is 9.60. The van der Waals surface area contributed by atoms with Crippen molar-refractivity contribution >= 4 is 22.8 Å². The molecule has 0 unspecified atom stereocenters. The van der Waals surface area contributed by atoms with Crippen molar-refractivity contribution in [3.05, 3.63) is 0 Å². The minimum Gasteiger partial charge on any atom is -0.550 e. The smallest absolute Gasteiger partial charge is 0.227 e. The molecule has 0 N–H and O–H groups in total. The second-order valence-corrected chi connectivity index (χ2v) is 1.33. The highest BCUT2D eigenvalue weighted by Gasteiger charge is 1.92. The van der Waals surface area contributed by atoms with Gasteiger partial charge in [0.25, 0.3) is 0 Å². The quantitative estimate of drug-likeness (QED) is 0.344. The molecule has 3 nitrogen and oxygen atoms in total. The van der Waals surface area contributed by atoms with E-state index in [-0.39, 0.29) is 0 Å². The fourth-order valence-electron chi connectivity index (χ4n) is 0.113. The summed E-state index contributed by atoms with van der Waals surface area (Å²) in [6.07, 6.45) is -0.707. The summed E-state index contributed by atoms with van der Waals surface area (Å²) in [7, 11) is 0. The molecule has 7 heavy (non-hydrogen) atoms. The molecule has 0 spiro atoms. The Bertz CT molecular complexity index is 86.4. The number of carboxylic acid groups (broad SMARTS) is 1. The Morgan fingerprint density at radius 2 is 2.00 bits per heavy atom. The first-order chi connectivity index (χ1) is 3.13. The summed E-state index contributed by atoms with van der Waals surface area (Å²) in [6.45, 7) is 0. The van der Waals surface area contributed by atoms with Crippen molar-refractivity contribution in [1.29, 1.82) is 0 Å². The van der Waals surface area contributed by atoms with E-state index in [1.54, 1.807) is 0 Å². The van der Waals surface area contributed by atoms with Crippen LogP contribution in [0.2, 0.25) is 0 Å². The number of hydrogen-bond donors (Lipinski definition) is 0. The minimum atomic E-state index is -1.44. The molecular formula is C3H2ClO3-. The van der Waals surface area contributed by atoms with Crippen LogP contribution in [0, 0.1) is 0 Å². The first-order valence-corrected chi connectivity index (χ1v) is 1.89. The van der Waals surface area contributed by atoms with Gasteiger partial charge in [0.15, 0.2) is 0 Å². The summed E-state index contributed by atoms with van der Waals surface area (Å²) in [5, 5.41) is 8.49. The van der Waals surface area contributed by atoms with Gasteiger partial charge in [-0.1, -0.05) is 0 Å². The van der Waals surface area contributed by atoms with Gasteiger partial charge in [0.1, 0.15) is 0 Å².